The molecule has 0 unspecified atom stereocenters. The molecule has 0 heterocycles. The summed E-state index contributed by atoms with van der Waals surface area (Å²) in [4.78, 5) is 32.7. The van der Waals surface area contributed by atoms with Gasteiger partial charge in [0.05, 0.1) is 46.4 Å². The van der Waals surface area contributed by atoms with Gasteiger partial charge in [0, 0.05) is 6.08 Å². The Morgan fingerprint density at radius 3 is 1.86 bits per heavy atom. The Balaban J connectivity index is 3.26. The van der Waals surface area contributed by atoms with Crippen molar-refractivity contribution in [2.45, 2.75) is 12.8 Å². The highest BCUT2D eigenvalue weighted by Gasteiger charge is 2.07. The van der Waals surface area contributed by atoms with Crippen LogP contribution in [-0.4, -0.2) is 64.7 Å². The Morgan fingerprint density at radius 2 is 1.32 bits per heavy atom. The molecule has 0 rings (SSSR count). The first-order chi connectivity index (χ1) is 10.6. The molecule has 0 atom stereocenters. The van der Waals surface area contributed by atoms with Gasteiger partial charge in [-0.15, -0.1) is 0 Å². The molecule has 8 nitrogen and oxygen atoms in total. The zero-order valence-electron chi connectivity index (χ0n) is 12.7. The van der Waals surface area contributed by atoms with E-state index in [1.54, 1.807) is 0 Å². The third-order valence-corrected chi connectivity index (χ3v) is 2.26. The number of rotatable bonds is 13. The Morgan fingerprint density at radius 1 is 0.818 bits per heavy atom. The van der Waals surface area contributed by atoms with E-state index in [4.69, 9.17) is 18.9 Å². The minimum atomic E-state index is -0.492. The van der Waals surface area contributed by atoms with Crippen LogP contribution in [0.15, 0.2) is 12.7 Å². The lowest BCUT2D eigenvalue weighted by atomic mass is 10.3. The largest absolute Gasteiger partial charge is 0.469 e. The third-order valence-electron chi connectivity index (χ3n) is 2.26. The van der Waals surface area contributed by atoms with Crippen LogP contribution >= 0.6 is 0 Å². The molecule has 126 valence electrons. The van der Waals surface area contributed by atoms with Crippen molar-refractivity contribution in [1.29, 1.82) is 0 Å². The van der Waals surface area contributed by atoms with Gasteiger partial charge in [0.15, 0.2) is 0 Å². The number of ether oxygens (including phenoxy) is 5. The van der Waals surface area contributed by atoms with Crippen LogP contribution in [0.1, 0.15) is 12.8 Å². The molecule has 0 fully saturated rings. The molecule has 0 amide bonds. The summed E-state index contributed by atoms with van der Waals surface area (Å²) < 4.78 is 24.2. The van der Waals surface area contributed by atoms with Crippen molar-refractivity contribution in [2.75, 3.05) is 46.8 Å². The van der Waals surface area contributed by atoms with E-state index >= 15 is 0 Å². The highest BCUT2D eigenvalue weighted by Crippen LogP contribution is 1.95. The molecule has 0 aliphatic rings. The summed E-state index contributed by atoms with van der Waals surface area (Å²) in [6.45, 7) is 4.69. The summed E-state index contributed by atoms with van der Waals surface area (Å²) in [5.74, 6) is -1.42. The van der Waals surface area contributed by atoms with Crippen LogP contribution in [-0.2, 0) is 38.1 Å². The predicted molar refractivity (Wildman–Crippen MR) is 75.0 cm³/mol. The van der Waals surface area contributed by atoms with Gasteiger partial charge in [-0.3, -0.25) is 9.59 Å². The summed E-state index contributed by atoms with van der Waals surface area (Å²) in [5.41, 5.74) is 0. The van der Waals surface area contributed by atoms with Crippen LogP contribution in [0, 0.1) is 0 Å². The molecule has 0 saturated heterocycles. The van der Waals surface area contributed by atoms with Crippen LogP contribution in [0.2, 0.25) is 0 Å². The van der Waals surface area contributed by atoms with Crippen molar-refractivity contribution >= 4 is 17.9 Å². The smallest absolute Gasteiger partial charge is 0.330 e. The molecule has 0 aliphatic carbocycles. The molecule has 0 radical (unpaired) electrons. The first-order valence-corrected chi connectivity index (χ1v) is 6.77. The van der Waals surface area contributed by atoms with E-state index in [9.17, 15) is 14.4 Å². The van der Waals surface area contributed by atoms with Crippen molar-refractivity contribution < 1.29 is 38.1 Å². The van der Waals surface area contributed by atoms with E-state index in [1.807, 2.05) is 0 Å². The molecule has 0 saturated carbocycles. The Labute approximate surface area is 129 Å². The van der Waals surface area contributed by atoms with Crippen LogP contribution in [0.25, 0.3) is 0 Å². The molecule has 0 aromatic carbocycles. The van der Waals surface area contributed by atoms with Gasteiger partial charge in [-0.25, -0.2) is 4.79 Å². The topological polar surface area (TPSA) is 97.4 Å². The molecule has 22 heavy (non-hydrogen) atoms. The fraction of sp³-hybridized carbons (Fsp3) is 0.643. The van der Waals surface area contributed by atoms with Crippen molar-refractivity contribution in [1.82, 2.24) is 0 Å². The van der Waals surface area contributed by atoms with E-state index in [-0.39, 0.29) is 39.3 Å². The normalized spacial score (nSPS) is 9.86. The van der Waals surface area contributed by atoms with Gasteiger partial charge in [-0.1, -0.05) is 6.58 Å². The molecule has 0 N–H and O–H groups in total. The number of esters is 3. The van der Waals surface area contributed by atoms with E-state index in [0.717, 1.165) is 6.08 Å². The molecule has 0 spiro atoms. The fourth-order valence-electron chi connectivity index (χ4n) is 1.17. The minimum absolute atomic E-state index is 0.000454. The Kier molecular flexibility index (Phi) is 12.8. The first-order valence-electron chi connectivity index (χ1n) is 6.77. The van der Waals surface area contributed by atoms with Gasteiger partial charge in [-0.2, -0.15) is 0 Å². The number of methoxy groups -OCH3 is 1. The summed E-state index contributed by atoms with van der Waals surface area (Å²) in [6.07, 6.45) is 1.06. The van der Waals surface area contributed by atoms with E-state index in [1.165, 1.54) is 7.11 Å². The van der Waals surface area contributed by atoms with Crippen molar-refractivity contribution in [3.8, 4) is 0 Å². The van der Waals surface area contributed by atoms with Gasteiger partial charge < -0.3 is 23.7 Å². The maximum Gasteiger partial charge on any atom is 0.330 e. The van der Waals surface area contributed by atoms with E-state index in [0.29, 0.717) is 13.2 Å². The number of hydrogen-bond acceptors (Lipinski definition) is 8. The number of carbonyl (C=O) groups is 3. The molecule has 0 aromatic rings. The molecule has 0 aliphatic heterocycles. The average molecular weight is 318 g/mol. The zero-order chi connectivity index (χ0) is 16.6. The van der Waals surface area contributed by atoms with E-state index < -0.39 is 17.9 Å². The van der Waals surface area contributed by atoms with E-state index in [2.05, 4.69) is 11.3 Å². The Bertz CT molecular complexity index is 353. The van der Waals surface area contributed by atoms with Crippen molar-refractivity contribution in [3.63, 3.8) is 0 Å². The quantitative estimate of drug-likeness (QED) is 0.206. The summed E-state index contributed by atoms with van der Waals surface area (Å²) in [5, 5.41) is 0. The molecular formula is C14H22O8. The summed E-state index contributed by atoms with van der Waals surface area (Å²) >= 11 is 0. The second-order valence-corrected chi connectivity index (χ2v) is 3.89. The second kappa shape index (κ2) is 14.0. The second-order valence-electron chi connectivity index (χ2n) is 3.89. The maximum atomic E-state index is 11.2. The molecule has 0 bridgehead atoms. The maximum absolute atomic E-state index is 11.2. The van der Waals surface area contributed by atoms with Crippen LogP contribution in [0.5, 0.6) is 0 Å². The molecular weight excluding hydrogens is 296 g/mol. The van der Waals surface area contributed by atoms with Crippen LogP contribution in [0.4, 0.5) is 0 Å². The van der Waals surface area contributed by atoms with Crippen LogP contribution < -0.4 is 0 Å². The highest BCUT2D eigenvalue weighted by atomic mass is 16.6. The lowest BCUT2D eigenvalue weighted by Gasteiger charge is -2.07. The SMILES string of the molecule is C=CC(=O)OCCOCCOCCOC(=O)CCC(=O)OC. The highest BCUT2D eigenvalue weighted by molar-refractivity contribution is 5.81. The van der Waals surface area contributed by atoms with Gasteiger partial charge >= 0.3 is 17.9 Å². The van der Waals surface area contributed by atoms with Gasteiger partial charge in [0.25, 0.3) is 0 Å². The van der Waals surface area contributed by atoms with Gasteiger partial charge in [-0.05, 0) is 0 Å². The summed E-state index contributed by atoms with van der Waals surface area (Å²) in [6, 6.07) is 0. The predicted octanol–water partition coefficient (Wildman–Crippen LogP) is 0.245. The Hall–Kier alpha value is -1.93. The number of hydrogen-bond donors (Lipinski definition) is 0. The lowest BCUT2D eigenvalue weighted by molar-refractivity contribution is -0.150. The number of carbonyl (C=O) groups excluding carboxylic acids is 3. The first kappa shape index (κ1) is 20.1. The lowest BCUT2D eigenvalue weighted by Crippen LogP contribution is -2.15. The van der Waals surface area contributed by atoms with Gasteiger partial charge in [0.1, 0.15) is 13.2 Å². The average Bonchev–Trinajstić information content (AvgIpc) is 2.53. The fourth-order valence-corrected chi connectivity index (χ4v) is 1.17. The summed E-state index contributed by atoms with van der Waals surface area (Å²) in [7, 11) is 1.26. The van der Waals surface area contributed by atoms with Crippen molar-refractivity contribution in [3.05, 3.63) is 12.7 Å². The molecule has 0 aromatic heterocycles. The third kappa shape index (κ3) is 13.1. The van der Waals surface area contributed by atoms with Crippen molar-refractivity contribution in [2.24, 2.45) is 0 Å². The molecule has 8 heteroatoms. The minimum Gasteiger partial charge on any atom is -0.469 e. The monoisotopic (exact) mass is 318 g/mol. The zero-order valence-corrected chi connectivity index (χ0v) is 12.7. The standard InChI is InChI=1S/C14H22O8/c1-3-12(15)21-10-8-19-6-7-20-9-11-22-14(17)5-4-13(16)18-2/h3H,1,4-11H2,2H3. The van der Waals surface area contributed by atoms with Crippen LogP contribution in [0.3, 0.4) is 0 Å². The van der Waals surface area contributed by atoms with Gasteiger partial charge in [0.2, 0.25) is 0 Å².